The number of guanidine groups is 1. The Morgan fingerprint density at radius 3 is 2.62 bits per heavy atom. The van der Waals surface area contributed by atoms with Crippen LogP contribution in [0.2, 0.25) is 0 Å². The van der Waals surface area contributed by atoms with E-state index in [2.05, 4.69) is 90.9 Å². The maximum absolute atomic E-state index is 4.83. The van der Waals surface area contributed by atoms with E-state index >= 15 is 0 Å². The zero-order chi connectivity index (χ0) is 21.2. The summed E-state index contributed by atoms with van der Waals surface area (Å²) in [4.78, 5) is 9.39. The lowest BCUT2D eigenvalue weighted by Gasteiger charge is -2.25. The molecule has 7 nitrogen and oxygen atoms in total. The van der Waals surface area contributed by atoms with Crippen LogP contribution in [0.1, 0.15) is 31.0 Å². The van der Waals surface area contributed by atoms with Crippen LogP contribution in [-0.4, -0.2) is 67.5 Å². The molecule has 0 radical (unpaired) electrons. The average molecular weight is 400 g/mol. The van der Waals surface area contributed by atoms with Crippen molar-refractivity contribution in [3.63, 3.8) is 0 Å². The number of hydrogen-bond acceptors (Lipinski definition) is 4. The van der Waals surface area contributed by atoms with Gasteiger partial charge in [0.2, 0.25) is 0 Å². The molecule has 0 aliphatic rings. The van der Waals surface area contributed by atoms with E-state index in [1.807, 2.05) is 17.9 Å². The molecule has 1 heterocycles. The smallest absolute Gasteiger partial charge is 0.191 e. The maximum Gasteiger partial charge on any atom is 0.191 e. The van der Waals surface area contributed by atoms with E-state index in [1.54, 1.807) is 0 Å². The number of anilines is 1. The van der Waals surface area contributed by atoms with Gasteiger partial charge >= 0.3 is 0 Å². The normalized spacial score (nSPS) is 12.9. The summed E-state index contributed by atoms with van der Waals surface area (Å²) in [6.07, 6.45) is 3.98. The van der Waals surface area contributed by atoms with E-state index in [0.717, 1.165) is 32.1 Å². The summed E-state index contributed by atoms with van der Waals surface area (Å²) >= 11 is 0. The molecule has 0 spiro atoms. The summed E-state index contributed by atoms with van der Waals surface area (Å²) in [6, 6.07) is 8.85. The van der Waals surface area contributed by atoms with E-state index in [-0.39, 0.29) is 6.04 Å². The molecule has 0 aliphatic heterocycles. The Kier molecular flexibility index (Phi) is 8.99. The molecule has 0 bridgehead atoms. The van der Waals surface area contributed by atoms with Crippen molar-refractivity contribution < 1.29 is 0 Å². The van der Waals surface area contributed by atoms with Crippen molar-refractivity contribution >= 4 is 11.6 Å². The van der Waals surface area contributed by atoms with E-state index < -0.39 is 0 Å². The average Bonchev–Trinajstić information content (AvgIpc) is 3.11. The van der Waals surface area contributed by atoms with Crippen LogP contribution in [0.5, 0.6) is 0 Å². The molecule has 0 amide bonds. The van der Waals surface area contributed by atoms with Crippen molar-refractivity contribution in [1.29, 1.82) is 0 Å². The number of aliphatic imine (C=N–C) groups is 1. The lowest BCUT2D eigenvalue weighted by atomic mass is 10.1. The fourth-order valence-electron chi connectivity index (χ4n) is 3.30. The molecule has 2 aromatic rings. The molecule has 0 saturated carbocycles. The van der Waals surface area contributed by atoms with Gasteiger partial charge in [0, 0.05) is 50.7 Å². The van der Waals surface area contributed by atoms with Crippen LogP contribution in [-0.2, 0) is 7.05 Å². The standard InChI is InChI=1S/C22H37N7/c1-7-23-22(25-16-21(27(4)5)19-15-26-28(6)17-19)24-12-13-29(8-2)20-11-9-10-18(3)14-20/h9-11,14-15,17,21H,7-8,12-13,16H2,1-6H3,(H2,23,24,25). The fourth-order valence-corrected chi connectivity index (χ4v) is 3.30. The molecule has 0 saturated heterocycles. The monoisotopic (exact) mass is 399 g/mol. The van der Waals surface area contributed by atoms with Crippen molar-refractivity contribution in [2.24, 2.45) is 12.0 Å². The number of rotatable bonds is 10. The van der Waals surface area contributed by atoms with Gasteiger partial charge in [-0.3, -0.25) is 9.67 Å². The highest BCUT2D eigenvalue weighted by Crippen LogP contribution is 2.17. The Morgan fingerprint density at radius 1 is 1.24 bits per heavy atom. The van der Waals surface area contributed by atoms with Crippen molar-refractivity contribution in [2.45, 2.75) is 26.8 Å². The highest BCUT2D eigenvalue weighted by molar-refractivity contribution is 5.79. The molecule has 2 N–H and O–H groups in total. The second kappa shape index (κ2) is 11.5. The van der Waals surface area contributed by atoms with Crippen molar-refractivity contribution in [3.05, 3.63) is 47.8 Å². The third kappa shape index (κ3) is 7.09. The molecule has 7 heteroatoms. The summed E-state index contributed by atoms with van der Waals surface area (Å²) in [5, 5.41) is 11.1. The number of hydrogen-bond donors (Lipinski definition) is 2. The first-order valence-corrected chi connectivity index (χ1v) is 10.4. The lowest BCUT2D eigenvalue weighted by Crippen LogP contribution is -2.42. The van der Waals surface area contributed by atoms with Gasteiger partial charge in [-0.1, -0.05) is 12.1 Å². The molecule has 29 heavy (non-hydrogen) atoms. The second-order valence-corrected chi connectivity index (χ2v) is 7.49. The minimum atomic E-state index is 0.193. The van der Waals surface area contributed by atoms with Crippen molar-refractivity contribution in [1.82, 2.24) is 25.3 Å². The Labute approximate surface area is 175 Å². The Bertz CT molecular complexity index is 766. The Morgan fingerprint density at radius 2 is 2.03 bits per heavy atom. The van der Waals surface area contributed by atoms with Gasteiger partial charge in [-0.25, -0.2) is 0 Å². The summed E-state index contributed by atoms with van der Waals surface area (Å²) in [6.45, 7) is 10.6. The number of aromatic nitrogens is 2. The topological polar surface area (TPSA) is 60.7 Å². The van der Waals surface area contributed by atoms with Gasteiger partial charge in [0.05, 0.1) is 18.8 Å². The van der Waals surface area contributed by atoms with Gasteiger partial charge < -0.3 is 20.4 Å². The molecule has 2 rings (SSSR count). The number of likely N-dealkylation sites (N-methyl/N-ethyl adjacent to an activating group) is 2. The van der Waals surface area contributed by atoms with Gasteiger partial charge in [0.1, 0.15) is 0 Å². The zero-order valence-electron chi connectivity index (χ0n) is 18.8. The third-order valence-electron chi connectivity index (χ3n) is 4.92. The van der Waals surface area contributed by atoms with Crippen LogP contribution in [0.25, 0.3) is 0 Å². The number of benzene rings is 1. The predicted molar refractivity (Wildman–Crippen MR) is 123 cm³/mol. The van der Waals surface area contributed by atoms with Gasteiger partial charge in [-0.05, 0) is 52.6 Å². The molecule has 0 fully saturated rings. The lowest BCUT2D eigenvalue weighted by molar-refractivity contribution is 0.306. The van der Waals surface area contributed by atoms with E-state index in [0.29, 0.717) is 6.54 Å². The fraction of sp³-hybridized carbons (Fsp3) is 0.545. The van der Waals surface area contributed by atoms with Gasteiger partial charge in [-0.15, -0.1) is 0 Å². The van der Waals surface area contributed by atoms with Gasteiger partial charge in [0.15, 0.2) is 5.96 Å². The van der Waals surface area contributed by atoms with Crippen LogP contribution in [0, 0.1) is 6.92 Å². The summed E-state index contributed by atoms with van der Waals surface area (Å²) in [5.74, 6) is 0.850. The number of nitrogens with one attached hydrogen (secondary N) is 2. The Balaban J connectivity index is 1.97. The molecule has 1 aromatic heterocycles. The molecule has 0 aliphatic carbocycles. The third-order valence-corrected chi connectivity index (χ3v) is 4.92. The van der Waals surface area contributed by atoms with Crippen molar-refractivity contribution in [2.75, 3.05) is 51.7 Å². The van der Waals surface area contributed by atoms with Crippen LogP contribution in [0.3, 0.4) is 0 Å². The summed E-state index contributed by atoms with van der Waals surface area (Å²) in [7, 11) is 6.10. The number of aryl methyl sites for hydroxylation is 2. The first kappa shape index (κ1) is 22.7. The minimum absolute atomic E-state index is 0.193. The second-order valence-electron chi connectivity index (χ2n) is 7.49. The van der Waals surface area contributed by atoms with E-state index in [1.165, 1.54) is 16.8 Å². The largest absolute Gasteiger partial charge is 0.370 e. The van der Waals surface area contributed by atoms with Gasteiger partial charge in [0.25, 0.3) is 0 Å². The molecule has 1 atom stereocenters. The van der Waals surface area contributed by atoms with Crippen molar-refractivity contribution in [3.8, 4) is 0 Å². The molecular weight excluding hydrogens is 362 g/mol. The van der Waals surface area contributed by atoms with Crippen LogP contribution >= 0.6 is 0 Å². The molecule has 160 valence electrons. The summed E-state index contributed by atoms with van der Waals surface area (Å²) in [5.41, 5.74) is 3.73. The SMILES string of the molecule is CCNC(=NCC(c1cnn(C)c1)N(C)C)NCCN(CC)c1cccc(C)c1. The first-order valence-electron chi connectivity index (χ1n) is 10.4. The van der Waals surface area contributed by atoms with E-state index in [9.17, 15) is 0 Å². The predicted octanol–water partition coefficient (Wildman–Crippen LogP) is 2.41. The maximum atomic E-state index is 4.83. The molecule has 1 unspecified atom stereocenters. The first-order chi connectivity index (χ1) is 13.9. The summed E-state index contributed by atoms with van der Waals surface area (Å²) < 4.78 is 1.84. The quantitative estimate of drug-likeness (QED) is 0.475. The number of nitrogens with zero attached hydrogens (tertiary/aromatic N) is 5. The van der Waals surface area contributed by atoms with Gasteiger partial charge in [-0.2, -0.15) is 5.10 Å². The zero-order valence-corrected chi connectivity index (χ0v) is 18.8. The van der Waals surface area contributed by atoms with Crippen LogP contribution in [0.15, 0.2) is 41.7 Å². The van der Waals surface area contributed by atoms with Crippen LogP contribution < -0.4 is 15.5 Å². The Hall–Kier alpha value is -2.54. The highest BCUT2D eigenvalue weighted by Gasteiger charge is 2.15. The molecule has 1 aromatic carbocycles. The minimum Gasteiger partial charge on any atom is -0.370 e. The molecular formula is C22H37N7. The van der Waals surface area contributed by atoms with Crippen LogP contribution in [0.4, 0.5) is 5.69 Å². The van der Waals surface area contributed by atoms with E-state index in [4.69, 9.17) is 4.99 Å². The highest BCUT2D eigenvalue weighted by atomic mass is 15.3.